The van der Waals surface area contributed by atoms with E-state index >= 15 is 0 Å². The summed E-state index contributed by atoms with van der Waals surface area (Å²) in [4.78, 5) is 0.231. The maximum Gasteiger partial charge on any atom is 0.184 e. The van der Waals surface area contributed by atoms with E-state index in [1.54, 1.807) is 68.6 Å². The maximum absolute atomic E-state index is 12.7. The quantitative estimate of drug-likeness (QED) is 0.889. The van der Waals surface area contributed by atoms with Crippen molar-refractivity contribution in [1.29, 1.82) is 0 Å². The van der Waals surface area contributed by atoms with E-state index in [-0.39, 0.29) is 4.90 Å². The lowest BCUT2D eigenvalue weighted by Gasteiger charge is -2.22. The monoisotopic (exact) mass is 320 g/mol. The van der Waals surface area contributed by atoms with E-state index in [1.807, 2.05) is 0 Å². The summed E-state index contributed by atoms with van der Waals surface area (Å²) in [6.07, 6.45) is -0.758. The second kappa shape index (κ2) is 6.94. The van der Waals surface area contributed by atoms with Gasteiger partial charge in [0, 0.05) is 0 Å². The van der Waals surface area contributed by atoms with E-state index in [0.717, 1.165) is 0 Å². The number of ether oxygens (including phenoxy) is 1. The van der Waals surface area contributed by atoms with Gasteiger partial charge in [0.25, 0.3) is 0 Å². The first kappa shape index (κ1) is 16.5. The molecule has 4 nitrogen and oxygen atoms in total. The van der Waals surface area contributed by atoms with Crippen molar-refractivity contribution in [1.82, 2.24) is 0 Å². The second-order valence-electron chi connectivity index (χ2n) is 5.02. The zero-order valence-corrected chi connectivity index (χ0v) is 13.5. The lowest BCUT2D eigenvalue weighted by Crippen LogP contribution is -2.28. The van der Waals surface area contributed by atoms with Crippen molar-refractivity contribution in [2.75, 3.05) is 7.11 Å². The Morgan fingerprint density at radius 2 is 1.64 bits per heavy atom. The number of hydrogen-bond donors (Lipinski definition) is 1. The SMILES string of the molecule is CC[C@@H]([C@H](O)c1ccc(OC)cc1)S(=O)(=O)c1ccccc1. The van der Waals surface area contributed by atoms with Crippen molar-refractivity contribution in [3.8, 4) is 5.75 Å². The average molecular weight is 320 g/mol. The van der Waals surface area contributed by atoms with E-state index < -0.39 is 21.2 Å². The van der Waals surface area contributed by atoms with E-state index in [4.69, 9.17) is 4.74 Å². The van der Waals surface area contributed by atoms with Gasteiger partial charge in [-0.05, 0) is 36.2 Å². The molecule has 0 aliphatic heterocycles. The summed E-state index contributed by atoms with van der Waals surface area (Å²) in [5.41, 5.74) is 0.562. The van der Waals surface area contributed by atoms with Crippen LogP contribution in [0, 0.1) is 0 Å². The molecule has 2 aromatic carbocycles. The van der Waals surface area contributed by atoms with Gasteiger partial charge in [0.2, 0.25) is 0 Å². The van der Waals surface area contributed by atoms with Crippen LogP contribution in [0.15, 0.2) is 59.5 Å². The number of sulfone groups is 1. The number of aliphatic hydroxyl groups is 1. The first-order valence-electron chi connectivity index (χ1n) is 7.11. The minimum atomic E-state index is -3.60. The van der Waals surface area contributed by atoms with Crippen molar-refractivity contribution in [3.05, 3.63) is 60.2 Å². The molecular formula is C17H20O4S. The molecule has 1 N–H and O–H groups in total. The van der Waals surface area contributed by atoms with E-state index in [1.165, 1.54) is 0 Å². The molecule has 0 saturated carbocycles. The van der Waals surface area contributed by atoms with Crippen LogP contribution in [-0.2, 0) is 9.84 Å². The summed E-state index contributed by atoms with van der Waals surface area (Å²) in [5.74, 6) is 0.662. The van der Waals surface area contributed by atoms with Crippen molar-refractivity contribution >= 4 is 9.84 Å². The van der Waals surface area contributed by atoms with E-state index in [2.05, 4.69) is 0 Å². The highest BCUT2D eigenvalue weighted by Crippen LogP contribution is 2.30. The van der Waals surface area contributed by atoms with Crippen LogP contribution in [0.4, 0.5) is 0 Å². The molecule has 118 valence electrons. The van der Waals surface area contributed by atoms with Crippen LogP contribution in [0.1, 0.15) is 25.0 Å². The fourth-order valence-electron chi connectivity index (χ4n) is 2.41. The van der Waals surface area contributed by atoms with Gasteiger partial charge in [-0.1, -0.05) is 37.3 Å². The Morgan fingerprint density at radius 3 is 2.14 bits per heavy atom. The van der Waals surface area contributed by atoms with Gasteiger partial charge < -0.3 is 9.84 Å². The standard InChI is InChI=1S/C17H20O4S/c1-3-16(22(19,20)15-7-5-4-6-8-15)17(18)13-9-11-14(21-2)12-10-13/h4-12,16-18H,3H2,1-2H3/t16-,17+/m0/s1. The second-order valence-corrected chi connectivity index (χ2v) is 7.19. The summed E-state index contributed by atoms with van der Waals surface area (Å²) < 4.78 is 30.5. The predicted molar refractivity (Wildman–Crippen MR) is 85.7 cm³/mol. The number of hydrogen-bond acceptors (Lipinski definition) is 4. The fourth-order valence-corrected chi connectivity index (χ4v) is 4.23. The molecule has 0 radical (unpaired) electrons. The lowest BCUT2D eigenvalue weighted by atomic mass is 10.0. The number of benzene rings is 2. The molecular weight excluding hydrogens is 300 g/mol. The normalized spacial score (nSPS) is 14.3. The molecule has 2 atom stereocenters. The summed E-state index contributed by atoms with van der Waals surface area (Å²) in [7, 11) is -2.04. The van der Waals surface area contributed by atoms with Gasteiger partial charge in [-0.25, -0.2) is 8.42 Å². The van der Waals surface area contributed by atoms with Gasteiger partial charge >= 0.3 is 0 Å². The summed E-state index contributed by atoms with van der Waals surface area (Å²) >= 11 is 0. The maximum atomic E-state index is 12.7. The Hall–Kier alpha value is -1.85. The van der Waals surface area contributed by atoms with Crippen LogP contribution in [0.2, 0.25) is 0 Å². The topological polar surface area (TPSA) is 63.6 Å². The van der Waals surface area contributed by atoms with Gasteiger partial charge in [-0.2, -0.15) is 0 Å². The van der Waals surface area contributed by atoms with Crippen LogP contribution < -0.4 is 4.74 Å². The van der Waals surface area contributed by atoms with Gasteiger partial charge in [-0.3, -0.25) is 0 Å². The molecule has 0 unspecified atom stereocenters. The van der Waals surface area contributed by atoms with Gasteiger partial charge in [0.1, 0.15) is 5.75 Å². The third kappa shape index (κ3) is 3.31. The molecule has 0 aliphatic rings. The van der Waals surface area contributed by atoms with Crippen molar-refractivity contribution in [3.63, 3.8) is 0 Å². The molecule has 2 rings (SSSR count). The molecule has 2 aromatic rings. The van der Waals surface area contributed by atoms with E-state index in [9.17, 15) is 13.5 Å². The molecule has 0 heterocycles. The van der Waals surface area contributed by atoms with Crippen molar-refractivity contribution in [2.45, 2.75) is 29.6 Å². The zero-order chi connectivity index (χ0) is 16.2. The smallest absolute Gasteiger partial charge is 0.184 e. The highest BCUT2D eigenvalue weighted by molar-refractivity contribution is 7.92. The Balaban J connectivity index is 2.34. The molecule has 0 amide bonds. The Labute approximate surface area is 131 Å². The third-order valence-electron chi connectivity index (χ3n) is 3.68. The number of methoxy groups -OCH3 is 1. The van der Waals surface area contributed by atoms with Gasteiger partial charge in [0.15, 0.2) is 9.84 Å². The minimum Gasteiger partial charge on any atom is -0.497 e. The molecule has 22 heavy (non-hydrogen) atoms. The highest BCUT2D eigenvalue weighted by atomic mass is 32.2. The number of rotatable bonds is 6. The largest absolute Gasteiger partial charge is 0.497 e. The van der Waals surface area contributed by atoms with Crippen molar-refractivity contribution in [2.24, 2.45) is 0 Å². The zero-order valence-electron chi connectivity index (χ0n) is 12.6. The van der Waals surface area contributed by atoms with Crippen LogP contribution in [0.5, 0.6) is 5.75 Å². The molecule has 0 aromatic heterocycles. The fraction of sp³-hybridized carbons (Fsp3) is 0.294. The first-order chi connectivity index (χ1) is 10.5. The molecule has 5 heteroatoms. The third-order valence-corrected chi connectivity index (χ3v) is 6.00. The van der Waals surface area contributed by atoms with Crippen molar-refractivity contribution < 1.29 is 18.3 Å². The molecule has 0 spiro atoms. The predicted octanol–water partition coefficient (Wildman–Crippen LogP) is 2.98. The molecule has 0 aliphatic carbocycles. The highest BCUT2D eigenvalue weighted by Gasteiger charge is 2.33. The van der Waals surface area contributed by atoms with Crippen LogP contribution in [-0.4, -0.2) is 25.9 Å². The first-order valence-corrected chi connectivity index (χ1v) is 8.66. The average Bonchev–Trinajstić information content (AvgIpc) is 2.56. The Kier molecular flexibility index (Phi) is 5.21. The lowest BCUT2D eigenvalue weighted by molar-refractivity contribution is 0.169. The Bertz CT molecular complexity index is 693. The van der Waals surface area contributed by atoms with Gasteiger partial charge in [0.05, 0.1) is 23.4 Å². The van der Waals surface area contributed by atoms with Crippen LogP contribution in [0.3, 0.4) is 0 Å². The van der Waals surface area contributed by atoms with Gasteiger partial charge in [-0.15, -0.1) is 0 Å². The summed E-state index contributed by atoms with van der Waals surface area (Å²) in [6.45, 7) is 1.76. The van der Waals surface area contributed by atoms with Crippen LogP contribution >= 0.6 is 0 Å². The van der Waals surface area contributed by atoms with E-state index in [0.29, 0.717) is 17.7 Å². The minimum absolute atomic E-state index is 0.231. The number of aliphatic hydroxyl groups excluding tert-OH is 1. The van der Waals surface area contributed by atoms with Crippen LogP contribution in [0.25, 0.3) is 0 Å². The summed E-state index contributed by atoms with van der Waals surface area (Å²) in [6, 6.07) is 15.0. The molecule has 0 fully saturated rings. The molecule has 0 bridgehead atoms. The Morgan fingerprint density at radius 1 is 1.05 bits per heavy atom. The summed E-state index contributed by atoms with van der Waals surface area (Å²) in [5, 5.41) is 9.63. The molecule has 0 saturated heterocycles.